The number of fused-ring (bicyclic) bond motifs is 1. The van der Waals surface area contributed by atoms with Crippen molar-refractivity contribution < 1.29 is 33.2 Å². The lowest BCUT2D eigenvalue weighted by Gasteiger charge is -2.40. The number of hydrogen-bond acceptors (Lipinski definition) is 7. The van der Waals surface area contributed by atoms with E-state index >= 15 is 0 Å². The molecule has 21 heavy (non-hydrogen) atoms. The molecule has 0 bridgehead atoms. The molecule has 0 spiro atoms. The summed E-state index contributed by atoms with van der Waals surface area (Å²) in [5.41, 5.74) is -0.905. The predicted molar refractivity (Wildman–Crippen MR) is 69.8 cm³/mol. The molecular formula is C11H15F3N2O4S. The lowest BCUT2D eigenvalue weighted by atomic mass is 9.94. The van der Waals surface area contributed by atoms with Gasteiger partial charge in [-0.3, -0.25) is 4.99 Å². The first-order valence-corrected chi connectivity index (χ1v) is 6.99. The Balaban J connectivity index is 2.10. The minimum absolute atomic E-state index is 0.373. The third-order valence-corrected chi connectivity index (χ3v) is 4.24. The molecule has 0 aromatic carbocycles. The largest absolute Gasteiger partial charge is 0.417 e. The van der Waals surface area contributed by atoms with Crippen molar-refractivity contribution >= 4 is 16.9 Å². The number of aliphatic hydroxyl groups is 3. The van der Waals surface area contributed by atoms with E-state index in [1.165, 1.54) is 0 Å². The molecular weight excluding hydrogens is 313 g/mol. The van der Waals surface area contributed by atoms with Crippen LogP contribution in [-0.4, -0.2) is 69.1 Å². The van der Waals surface area contributed by atoms with Crippen LogP contribution in [0.25, 0.3) is 0 Å². The molecule has 4 N–H and O–H groups in total. The number of aliphatic hydroxyl groups excluding tert-OH is 3. The number of ether oxygens (including phenoxy) is 1. The molecule has 2 aliphatic heterocycles. The molecule has 6 atom stereocenters. The monoisotopic (exact) mass is 328 g/mol. The highest BCUT2D eigenvalue weighted by Gasteiger charge is 2.55. The summed E-state index contributed by atoms with van der Waals surface area (Å²) in [5, 5.41) is 32.1. The van der Waals surface area contributed by atoms with E-state index in [4.69, 9.17) is 4.74 Å². The van der Waals surface area contributed by atoms with E-state index < -0.39 is 42.1 Å². The first-order chi connectivity index (χ1) is 9.75. The van der Waals surface area contributed by atoms with E-state index in [0.29, 0.717) is 11.7 Å². The summed E-state index contributed by atoms with van der Waals surface area (Å²) >= 11 is 0.991. The Labute approximate surface area is 122 Å². The molecule has 0 aliphatic carbocycles. The average molecular weight is 328 g/mol. The fourth-order valence-corrected chi connectivity index (χ4v) is 3.19. The summed E-state index contributed by atoms with van der Waals surface area (Å²) in [6, 6.07) is -0.894. The van der Waals surface area contributed by atoms with Crippen LogP contribution < -0.4 is 5.32 Å². The van der Waals surface area contributed by atoms with Crippen molar-refractivity contribution in [2.45, 2.75) is 42.1 Å². The van der Waals surface area contributed by atoms with Crippen molar-refractivity contribution in [3.05, 3.63) is 12.7 Å². The highest BCUT2D eigenvalue weighted by Crippen LogP contribution is 2.38. The van der Waals surface area contributed by atoms with Crippen molar-refractivity contribution in [2.24, 2.45) is 4.99 Å². The van der Waals surface area contributed by atoms with Crippen LogP contribution in [0.1, 0.15) is 0 Å². The smallest absolute Gasteiger partial charge is 0.388 e. The normalized spacial score (nSPS) is 37.6. The zero-order chi connectivity index (χ0) is 15.8. The van der Waals surface area contributed by atoms with Crippen molar-refractivity contribution in [1.82, 2.24) is 5.32 Å². The molecule has 2 rings (SSSR count). The summed E-state index contributed by atoms with van der Waals surface area (Å²) < 4.78 is 42.7. The van der Waals surface area contributed by atoms with E-state index in [0.717, 1.165) is 11.8 Å². The Bertz CT molecular complexity index is 434. The standard InChI is InChI=1S/C11H15F3N2O4S/c1-2-3-15-10-16-4-5(17)6(18)7(20-9(4)21-10)8(19)11(12,13)14/h2,4-9,17-19H,1,3H2,(H,15,16)/t4-,5-,6+,7+,8-,9-/m1/s1. The highest BCUT2D eigenvalue weighted by atomic mass is 32.2. The molecule has 0 unspecified atom stereocenters. The van der Waals surface area contributed by atoms with Gasteiger partial charge in [0.2, 0.25) is 0 Å². The van der Waals surface area contributed by atoms with E-state index in [9.17, 15) is 28.5 Å². The van der Waals surface area contributed by atoms with Gasteiger partial charge in [-0.1, -0.05) is 17.8 Å². The highest BCUT2D eigenvalue weighted by molar-refractivity contribution is 8.14. The fraction of sp³-hybridized carbons (Fsp3) is 0.727. The number of alkyl halides is 3. The number of amidine groups is 1. The third-order valence-electron chi connectivity index (χ3n) is 3.14. The molecule has 2 heterocycles. The lowest BCUT2D eigenvalue weighted by Crippen LogP contribution is -2.60. The van der Waals surface area contributed by atoms with E-state index in [1.807, 2.05) is 0 Å². The van der Waals surface area contributed by atoms with Gasteiger partial charge in [0.1, 0.15) is 29.8 Å². The maximum Gasteiger partial charge on any atom is 0.417 e. The van der Waals surface area contributed by atoms with Gasteiger partial charge in [-0.05, 0) is 0 Å². The first-order valence-electron chi connectivity index (χ1n) is 6.11. The Morgan fingerprint density at radius 2 is 2.10 bits per heavy atom. The van der Waals surface area contributed by atoms with Crippen molar-refractivity contribution in [1.29, 1.82) is 0 Å². The maximum absolute atomic E-state index is 12.5. The predicted octanol–water partition coefficient (Wildman–Crippen LogP) is -0.397. The van der Waals surface area contributed by atoms with Crippen LogP contribution in [0.2, 0.25) is 0 Å². The number of halogens is 3. The second-order valence-corrected chi connectivity index (χ2v) is 5.74. The van der Waals surface area contributed by atoms with Crippen LogP contribution in [0.5, 0.6) is 0 Å². The van der Waals surface area contributed by atoms with Crippen LogP contribution in [-0.2, 0) is 4.74 Å². The number of aliphatic imine (C=N–C) groups is 1. The van der Waals surface area contributed by atoms with Crippen LogP contribution in [0, 0.1) is 0 Å². The molecule has 0 aromatic heterocycles. The van der Waals surface area contributed by atoms with Crippen molar-refractivity contribution in [3.8, 4) is 0 Å². The van der Waals surface area contributed by atoms with Gasteiger partial charge in [0.15, 0.2) is 11.3 Å². The van der Waals surface area contributed by atoms with Gasteiger partial charge in [-0.2, -0.15) is 13.2 Å². The molecule has 0 saturated carbocycles. The quantitative estimate of drug-likeness (QED) is 0.527. The average Bonchev–Trinajstić information content (AvgIpc) is 2.82. The summed E-state index contributed by atoms with van der Waals surface area (Å²) in [4.78, 5) is 4.06. The van der Waals surface area contributed by atoms with Gasteiger partial charge in [-0.15, -0.1) is 6.58 Å². The Morgan fingerprint density at radius 3 is 2.67 bits per heavy atom. The number of rotatable bonds is 3. The van der Waals surface area contributed by atoms with E-state index in [-0.39, 0.29) is 0 Å². The SMILES string of the molecule is C=CCNC1=N[C@@H]2[C@@H](O)[C@H](O)[C@@H]([C@@H](O)C(F)(F)F)O[C@@H]2S1. The Hall–Kier alpha value is -0.810. The van der Waals surface area contributed by atoms with E-state index in [2.05, 4.69) is 16.9 Å². The van der Waals surface area contributed by atoms with Gasteiger partial charge < -0.3 is 25.4 Å². The molecule has 0 radical (unpaired) electrons. The van der Waals surface area contributed by atoms with Crippen molar-refractivity contribution in [3.63, 3.8) is 0 Å². The van der Waals surface area contributed by atoms with Gasteiger partial charge in [-0.25, -0.2) is 0 Å². The summed E-state index contributed by atoms with van der Waals surface area (Å²) in [6.45, 7) is 3.88. The summed E-state index contributed by atoms with van der Waals surface area (Å²) in [5.74, 6) is 0. The summed E-state index contributed by atoms with van der Waals surface area (Å²) in [6.07, 6.45) is -11.7. The molecule has 10 heteroatoms. The second-order valence-electron chi connectivity index (χ2n) is 4.65. The minimum Gasteiger partial charge on any atom is -0.388 e. The molecule has 6 nitrogen and oxygen atoms in total. The van der Waals surface area contributed by atoms with Crippen molar-refractivity contribution in [2.75, 3.05) is 6.54 Å². The fourth-order valence-electron chi connectivity index (χ4n) is 2.08. The molecule has 0 amide bonds. The first kappa shape index (κ1) is 16.6. The second kappa shape index (κ2) is 6.13. The number of thioether (sulfide) groups is 1. The van der Waals surface area contributed by atoms with Gasteiger partial charge in [0.25, 0.3) is 0 Å². The molecule has 1 fully saturated rings. The lowest BCUT2D eigenvalue weighted by molar-refractivity contribution is -0.271. The molecule has 2 aliphatic rings. The molecule has 1 saturated heterocycles. The third kappa shape index (κ3) is 3.34. The Kier molecular flexibility index (Phi) is 4.83. The van der Waals surface area contributed by atoms with Crippen LogP contribution >= 0.6 is 11.8 Å². The number of nitrogens with one attached hydrogen (secondary N) is 1. The topological polar surface area (TPSA) is 94.3 Å². The van der Waals surface area contributed by atoms with E-state index in [1.54, 1.807) is 6.08 Å². The summed E-state index contributed by atoms with van der Waals surface area (Å²) in [7, 11) is 0. The van der Waals surface area contributed by atoms with Crippen LogP contribution in [0.4, 0.5) is 13.2 Å². The van der Waals surface area contributed by atoms with Gasteiger partial charge >= 0.3 is 6.18 Å². The van der Waals surface area contributed by atoms with Gasteiger partial charge in [0.05, 0.1) is 0 Å². The van der Waals surface area contributed by atoms with Gasteiger partial charge in [0, 0.05) is 6.54 Å². The molecule has 120 valence electrons. The maximum atomic E-state index is 12.5. The van der Waals surface area contributed by atoms with Crippen LogP contribution in [0.3, 0.4) is 0 Å². The molecule has 0 aromatic rings. The number of nitrogens with zero attached hydrogens (tertiary/aromatic N) is 1. The minimum atomic E-state index is -4.95. The zero-order valence-electron chi connectivity index (χ0n) is 10.7. The van der Waals surface area contributed by atoms with Crippen LogP contribution in [0.15, 0.2) is 17.6 Å². The zero-order valence-corrected chi connectivity index (χ0v) is 11.5. The number of hydrogen-bond donors (Lipinski definition) is 4. The Morgan fingerprint density at radius 1 is 1.43 bits per heavy atom.